The molecule has 2 N–H and O–H groups in total. The largest absolute Gasteiger partial charge is 0.354 e. The van der Waals surface area contributed by atoms with Crippen molar-refractivity contribution in [1.82, 2.24) is 24.5 Å². The summed E-state index contributed by atoms with van der Waals surface area (Å²) in [5, 5.41) is 2.29. The molecule has 2 aliphatic rings. The van der Waals surface area contributed by atoms with E-state index in [9.17, 15) is 4.79 Å². The summed E-state index contributed by atoms with van der Waals surface area (Å²) in [6.07, 6.45) is 8.45. The van der Waals surface area contributed by atoms with Crippen LogP contribution in [0.2, 0.25) is 0 Å². The van der Waals surface area contributed by atoms with Crippen LogP contribution in [0.25, 0.3) is 113 Å². The average molecular weight is 822 g/mol. The van der Waals surface area contributed by atoms with E-state index in [2.05, 4.69) is 184 Å². The maximum Gasteiger partial charge on any atom is 0.182 e. The highest BCUT2D eigenvalue weighted by molar-refractivity contribution is 6.09. The number of fused-ring (bicyclic) bond motifs is 11. The third-order valence-corrected chi connectivity index (χ3v) is 12.4. The lowest BCUT2D eigenvalue weighted by molar-refractivity contribution is 0.0975. The van der Waals surface area contributed by atoms with E-state index in [-0.39, 0.29) is 12.3 Å². The number of ketones is 1. The first-order valence-electron chi connectivity index (χ1n) is 21.6. The molecule has 12 rings (SSSR count). The predicted molar refractivity (Wildman–Crippen MR) is 264 cm³/mol. The van der Waals surface area contributed by atoms with Gasteiger partial charge in [0.15, 0.2) is 5.78 Å². The molecule has 0 saturated heterocycles. The molecule has 0 unspecified atom stereocenters. The summed E-state index contributed by atoms with van der Waals surface area (Å²) < 4.78 is 2.13. The Morgan fingerprint density at radius 2 is 0.703 bits per heavy atom. The highest BCUT2D eigenvalue weighted by atomic mass is 16.1. The van der Waals surface area contributed by atoms with Gasteiger partial charge in [-0.1, -0.05) is 152 Å². The van der Waals surface area contributed by atoms with Gasteiger partial charge in [-0.25, -0.2) is 9.97 Å². The first-order valence-corrected chi connectivity index (χ1v) is 21.6. The summed E-state index contributed by atoms with van der Waals surface area (Å²) in [4.78, 5) is 32.6. The van der Waals surface area contributed by atoms with Crippen molar-refractivity contribution >= 4 is 74.0 Å². The van der Waals surface area contributed by atoms with E-state index < -0.39 is 0 Å². The molecule has 6 heterocycles. The lowest BCUT2D eigenvalue weighted by atomic mass is 10.0. The molecular formula is C58H39N5O. The van der Waals surface area contributed by atoms with Gasteiger partial charge in [-0.05, 0) is 83.0 Å². The van der Waals surface area contributed by atoms with Crippen molar-refractivity contribution in [3.05, 3.63) is 216 Å². The number of aromatic amines is 2. The second-order valence-electron chi connectivity index (χ2n) is 16.2. The second kappa shape index (κ2) is 15.4. The maximum atomic E-state index is 14.1. The number of hydrogen-bond donors (Lipinski definition) is 2. The van der Waals surface area contributed by atoms with Crippen LogP contribution >= 0.6 is 0 Å². The van der Waals surface area contributed by atoms with Crippen molar-refractivity contribution in [2.45, 2.75) is 6.54 Å². The van der Waals surface area contributed by atoms with E-state index >= 15 is 0 Å². The SMILES string of the molecule is O=C(Cn1c2ccccc2c2ccccc21)c1ccc(-c2c3nc(c(-c4ccccc4)c4ccc([nH]4)c(-c4ccccc4)c4nc(c(-c5ccccc5)c5ccc2[nH]5)C=C4)C=C3)cc1. The molecule has 8 bridgehead atoms. The molecule has 0 spiro atoms. The van der Waals surface area contributed by atoms with E-state index in [0.717, 1.165) is 111 Å². The number of nitrogens with one attached hydrogen (secondary N) is 2. The minimum atomic E-state index is 0.0423. The van der Waals surface area contributed by atoms with Crippen LogP contribution in [-0.4, -0.2) is 30.3 Å². The smallest absolute Gasteiger partial charge is 0.182 e. The zero-order valence-electron chi connectivity index (χ0n) is 34.7. The van der Waals surface area contributed by atoms with Crippen molar-refractivity contribution in [2.75, 3.05) is 0 Å². The van der Waals surface area contributed by atoms with Crippen LogP contribution in [-0.2, 0) is 6.54 Å². The highest BCUT2D eigenvalue weighted by Crippen LogP contribution is 2.39. The van der Waals surface area contributed by atoms with Crippen LogP contribution in [0.1, 0.15) is 33.1 Å². The molecule has 6 nitrogen and oxygen atoms in total. The number of carbonyl (C=O) groups is 1. The Balaban J connectivity index is 1.09. The van der Waals surface area contributed by atoms with E-state index in [1.54, 1.807) is 0 Å². The molecule has 0 atom stereocenters. The normalized spacial score (nSPS) is 12.1. The minimum Gasteiger partial charge on any atom is -0.354 e. The fourth-order valence-electron chi connectivity index (χ4n) is 9.47. The van der Waals surface area contributed by atoms with Gasteiger partial charge in [-0.15, -0.1) is 0 Å². The van der Waals surface area contributed by atoms with Crippen LogP contribution in [0.5, 0.6) is 0 Å². The minimum absolute atomic E-state index is 0.0423. The Morgan fingerprint density at radius 1 is 0.375 bits per heavy atom. The standard InChI is InChI=1S/C58H39N5O/c64-54(36-63-52-22-12-10-20-42(52)43-21-11-13-23-53(43)63)37-24-26-41(27-25-37)58-50-34-32-48(61-50)56(39-16-6-2-7-17-39)46-30-28-44(59-46)55(38-14-4-1-5-15-38)45-29-31-47(60-45)57(40-18-8-3-9-19-40)49-33-35-51(58)62-49/h1-35,59,62H,36H2. The Morgan fingerprint density at radius 3 is 1.08 bits per heavy atom. The first-order chi connectivity index (χ1) is 31.6. The molecule has 2 aliphatic heterocycles. The van der Waals surface area contributed by atoms with Gasteiger partial charge in [0.1, 0.15) is 0 Å². The van der Waals surface area contributed by atoms with Crippen LogP contribution < -0.4 is 0 Å². The second-order valence-corrected chi connectivity index (χ2v) is 16.2. The number of carbonyl (C=O) groups excluding carboxylic acids is 1. The van der Waals surface area contributed by atoms with Crippen LogP contribution in [0, 0.1) is 0 Å². The van der Waals surface area contributed by atoms with Gasteiger partial charge in [-0.3, -0.25) is 4.79 Å². The summed E-state index contributed by atoms with van der Waals surface area (Å²) in [6, 6.07) is 64.5. The number of rotatable bonds is 7. The molecule has 6 aromatic carbocycles. The Hall–Kier alpha value is -8.61. The average Bonchev–Trinajstić information content (AvgIpc) is 4.22. The zero-order chi connectivity index (χ0) is 42.6. The number of Topliss-reactive ketones (excluding diaryl/α,β-unsaturated/α-hetero) is 1. The van der Waals surface area contributed by atoms with Crippen molar-refractivity contribution in [3.63, 3.8) is 0 Å². The number of nitrogens with zero attached hydrogens (tertiary/aromatic N) is 3. The molecule has 0 aliphatic carbocycles. The first kappa shape index (κ1) is 37.2. The molecule has 0 amide bonds. The molecule has 64 heavy (non-hydrogen) atoms. The summed E-state index contributed by atoms with van der Waals surface area (Å²) in [7, 11) is 0. The third kappa shape index (κ3) is 6.39. The molecule has 302 valence electrons. The van der Waals surface area contributed by atoms with Crippen molar-refractivity contribution in [1.29, 1.82) is 0 Å². The van der Waals surface area contributed by atoms with Gasteiger partial charge in [0.25, 0.3) is 0 Å². The fourth-order valence-corrected chi connectivity index (χ4v) is 9.47. The van der Waals surface area contributed by atoms with Gasteiger partial charge >= 0.3 is 0 Å². The number of hydrogen-bond acceptors (Lipinski definition) is 3. The quantitative estimate of drug-likeness (QED) is 0.157. The van der Waals surface area contributed by atoms with Crippen LogP contribution in [0.15, 0.2) is 188 Å². The van der Waals surface area contributed by atoms with Gasteiger partial charge in [-0.2, -0.15) is 0 Å². The number of H-pyrrole nitrogens is 2. The van der Waals surface area contributed by atoms with Gasteiger partial charge in [0, 0.05) is 71.7 Å². The van der Waals surface area contributed by atoms with Crippen LogP contribution in [0.4, 0.5) is 0 Å². The molecule has 0 radical (unpaired) electrons. The predicted octanol–water partition coefficient (Wildman–Crippen LogP) is 14.3. The highest BCUT2D eigenvalue weighted by Gasteiger charge is 2.20. The number of para-hydroxylation sites is 2. The fraction of sp³-hybridized carbons (Fsp3) is 0.0172. The number of benzene rings is 6. The summed E-state index contributed by atoms with van der Waals surface area (Å²) >= 11 is 0. The molecule has 4 aromatic heterocycles. The van der Waals surface area contributed by atoms with Crippen LogP contribution in [0.3, 0.4) is 0 Å². The lowest BCUT2D eigenvalue weighted by Crippen LogP contribution is -2.10. The lowest BCUT2D eigenvalue weighted by Gasteiger charge is -2.09. The topological polar surface area (TPSA) is 79.4 Å². The summed E-state index contributed by atoms with van der Waals surface area (Å²) in [5.41, 5.74) is 17.9. The number of aromatic nitrogens is 5. The summed E-state index contributed by atoms with van der Waals surface area (Å²) in [5.74, 6) is 0.0423. The van der Waals surface area contributed by atoms with Gasteiger partial charge in [0.05, 0.1) is 29.3 Å². The Bertz CT molecular complexity index is 3600. The molecule has 0 fully saturated rings. The molecule has 6 heteroatoms. The van der Waals surface area contributed by atoms with E-state index in [1.165, 1.54) is 0 Å². The Kier molecular flexibility index (Phi) is 8.94. The van der Waals surface area contributed by atoms with Gasteiger partial charge in [0.2, 0.25) is 0 Å². The van der Waals surface area contributed by atoms with E-state index in [0.29, 0.717) is 5.56 Å². The molecule has 10 aromatic rings. The zero-order valence-corrected chi connectivity index (χ0v) is 34.7. The Labute approximate surface area is 369 Å². The van der Waals surface area contributed by atoms with Crippen molar-refractivity contribution in [2.24, 2.45) is 0 Å². The van der Waals surface area contributed by atoms with E-state index in [1.807, 2.05) is 42.5 Å². The van der Waals surface area contributed by atoms with E-state index in [4.69, 9.17) is 9.97 Å². The van der Waals surface area contributed by atoms with Gasteiger partial charge < -0.3 is 14.5 Å². The van der Waals surface area contributed by atoms with Crippen molar-refractivity contribution < 1.29 is 4.79 Å². The molecular weight excluding hydrogens is 783 g/mol. The third-order valence-electron chi connectivity index (χ3n) is 12.4. The summed E-state index contributed by atoms with van der Waals surface area (Å²) in [6.45, 7) is 0.233. The maximum absolute atomic E-state index is 14.1. The van der Waals surface area contributed by atoms with Crippen molar-refractivity contribution in [3.8, 4) is 44.5 Å². The molecule has 0 saturated carbocycles. The monoisotopic (exact) mass is 821 g/mol.